The largest absolute Gasteiger partial charge is 0.465 e. The molecule has 0 atom stereocenters. The van der Waals surface area contributed by atoms with E-state index in [0.29, 0.717) is 6.54 Å². The number of hydrogen-bond donors (Lipinski definition) is 1. The average molecular weight is 193 g/mol. The van der Waals surface area contributed by atoms with E-state index in [1.807, 2.05) is 25.1 Å². The first-order chi connectivity index (χ1) is 6.59. The highest BCUT2D eigenvalue weighted by Gasteiger charge is 2.04. The van der Waals surface area contributed by atoms with Crippen molar-refractivity contribution < 1.29 is 9.90 Å². The SMILES string of the molecule is Cc1cccc(CCN(C)C(=O)O)c1. The van der Waals surface area contributed by atoms with Gasteiger partial charge in [0.15, 0.2) is 0 Å². The maximum absolute atomic E-state index is 10.5. The Balaban J connectivity index is 2.49. The number of nitrogens with zero attached hydrogens (tertiary/aromatic N) is 1. The molecule has 0 saturated heterocycles. The quantitative estimate of drug-likeness (QED) is 0.799. The molecule has 0 aliphatic rings. The van der Waals surface area contributed by atoms with E-state index < -0.39 is 6.09 Å². The fourth-order valence-corrected chi connectivity index (χ4v) is 1.26. The summed E-state index contributed by atoms with van der Waals surface area (Å²) in [5.74, 6) is 0. The second-order valence-corrected chi connectivity index (χ2v) is 3.44. The molecule has 76 valence electrons. The molecular formula is C11H15NO2. The van der Waals surface area contributed by atoms with Crippen LogP contribution in [0, 0.1) is 6.92 Å². The summed E-state index contributed by atoms with van der Waals surface area (Å²) in [4.78, 5) is 11.8. The molecule has 0 bridgehead atoms. The molecular weight excluding hydrogens is 178 g/mol. The zero-order valence-electron chi connectivity index (χ0n) is 8.53. The van der Waals surface area contributed by atoms with Crippen LogP contribution in [0.3, 0.4) is 0 Å². The Morgan fingerprint density at radius 2 is 2.21 bits per heavy atom. The molecule has 0 saturated carbocycles. The molecule has 0 radical (unpaired) electrons. The first-order valence-electron chi connectivity index (χ1n) is 4.59. The standard InChI is InChI=1S/C11H15NO2/c1-9-4-3-5-10(8-9)6-7-12(2)11(13)14/h3-5,8H,6-7H2,1-2H3,(H,13,14). The second kappa shape index (κ2) is 4.65. The zero-order valence-corrected chi connectivity index (χ0v) is 8.53. The maximum Gasteiger partial charge on any atom is 0.407 e. The minimum Gasteiger partial charge on any atom is -0.465 e. The van der Waals surface area contributed by atoms with Gasteiger partial charge in [0.25, 0.3) is 0 Å². The van der Waals surface area contributed by atoms with Crippen LogP contribution >= 0.6 is 0 Å². The van der Waals surface area contributed by atoms with E-state index in [1.54, 1.807) is 7.05 Å². The summed E-state index contributed by atoms with van der Waals surface area (Å²) >= 11 is 0. The molecule has 0 aliphatic heterocycles. The summed E-state index contributed by atoms with van der Waals surface area (Å²) in [5, 5.41) is 8.64. The highest BCUT2D eigenvalue weighted by Crippen LogP contribution is 2.05. The third-order valence-electron chi connectivity index (χ3n) is 2.14. The highest BCUT2D eigenvalue weighted by molar-refractivity contribution is 5.64. The Hall–Kier alpha value is -1.51. The van der Waals surface area contributed by atoms with Crippen molar-refractivity contribution in [3.63, 3.8) is 0 Å². The highest BCUT2D eigenvalue weighted by atomic mass is 16.4. The van der Waals surface area contributed by atoms with E-state index >= 15 is 0 Å². The average Bonchev–Trinajstić information content (AvgIpc) is 2.14. The van der Waals surface area contributed by atoms with Crippen molar-refractivity contribution in [2.75, 3.05) is 13.6 Å². The molecule has 14 heavy (non-hydrogen) atoms. The van der Waals surface area contributed by atoms with Crippen molar-refractivity contribution in [3.05, 3.63) is 35.4 Å². The minimum atomic E-state index is -0.877. The van der Waals surface area contributed by atoms with Crippen LogP contribution in [0.4, 0.5) is 4.79 Å². The Bertz CT molecular complexity index is 323. The molecule has 1 aromatic rings. The van der Waals surface area contributed by atoms with Gasteiger partial charge in [-0.25, -0.2) is 4.79 Å². The van der Waals surface area contributed by atoms with Crippen LogP contribution in [0.25, 0.3) is 0 Å². The van der Waals surface area contributed by atoms with E-state index in [4.69, 9.17) is 5.11 Å². The van der Waals surface area contributed by atoms with Gasteiger partial charge in [-0.1, -0.05) is 29.8 Å². The van der Waals surface area contributed by atoms with Gasteiger partial charge in [0.1, 0.15) is 0 Å². The van der Waals surface area contributed by atoms with Crippen molar-refractivity contribution >= 4 is 6.09 Å². The number of benzene rings is 1. The van der Waals surface area contributed by atoms with Gasteiger partial charge in [0.05, 0.1) is 0 Å². The molecule has 1 N–H and O–H groups in total. The van der Waals surface area contributed by atoms with Crippen molar-refractivity contribution in [2.45, 2.75) is 13.3 Å². The smallest absolute Gasteiger partial charge is 0.407 e. The van der Waals surface area contributed by atoms with Crippen LogP contribution in [-0.4, -0.2) is 29.7 Å². The molecule has 0 fully saturated rings. The van der Waals surface area contributed by atoms with E-state index in [-0.39, 0.29) is 0 Å². The molecule has 1 amide bonds. The molecule has 1 rings (SSSR count). The lowest BCUT2D eigenvalue weighted by molar-refractivity contribution is 0.156. The predicted octanol–water partition coefficient (Wildman–Crippen LogP) is 2.15. The van der Waals surface area contributed by atoms with Crippen LogP contribution in [0.15, 0.2) is 24.3 Å². The lowest BCUT2D eigenvalue weighted by atomic mass is 10.1. The predicted molar refractivity (Wildman–Crippen MR) is 55.5 cm³/mol. The molecule has 0 aromatic heterocycles. The van der Waals surface area contributed by atoms with Crippen LogP contribution in [-0.2, 0) is 6.42 Å². The van der Waals surface area contributed by atoms with Gasteiger partial charge in [-0.2, -0.15) is 0 Å². The molecule has 0 aliphatic carbocycles. The van der Waals surface area contributed by atoms with Crippen LogP contribution < -0.4 is 0 Å². The molecule has 1 aromatic carbocycles. The lowest BCUT2D eigenvalue weighted by Gasteiger charge is -2.12. The number of carbonyl (C=O) groups is 1. The first-order valence-corrected chi connectivity index (χ1v) is 4.59. The van der Waals surface area contributed by atoms with Gasteiger partial charge in [0, 0.05) is 13.6 Å². The first kappa shape index (κ1) is 10.6. The van der Waals surface area contributed by atoms with E-state index in [0.717, 1.165) is 6.42 Å². The monoisotopic (exact) mass is 193 g/mol. The van der Waals surface area contributed by atoms with Crippen molar-refractivity contribution in [3.8, 4) is 0 Å². The van der Waals surface area contributed by atoms with Crippen molar-refractivity contribution in [1.29, 1.82) is 0 Å². The summed E-state index contributed by atoms with van der Waals surface area (Å²) in [5.41, 5.74) is 2.39. The van der Waals surface area contributed by atoms with Gasteiger partial charge in [-0.05, 0) is 18.9 Å². The third kappa shape index (κ3) is 3.09. The molecule has 0 unspecified atom stereocenters. The zero-order chi connectivity index (χ0) is 10.6. The van der Waals surface area contributed by atoms with Crippen LogP contribution in [0.1, 0.15) is 11.1 Å². The Morgan fingerprint density at radius 3 is 2.79 bits per heavy atom. The number of rotatable bonds is 3. The third-order valence-corrected chi connectivity index (χ3v) is 2.14. The van der Waals surface area contributed by atoms with Crippen molar-refractivity contribution in [2.24, 2.45) is 0 Å². The fourth-order valence-electron chi connectivity index (χ4n) is 1.26. The van der Waals surface area contributed by atoms with Crippen LogP contribution in [0.5, 0.6) is 0 Å². The Kier molecular flexibility index (Phi) is 3.51. The topological polar surface area (TPSA) is 40.5 Å². The van der Waals surface area contributed by atoms with Crippen molar-refractivity contribution in [1.82, 2.24) is 4.90 Å². The summed E-state index contributed by atoms with van der Waals surface area (Å²) in [6.45, 7) is 2.57. The van der Waals surface area contributed by atoms with E-state index in [9.17, 15) is 4.79 Å². The molecule has 3 nitrogen and oxygen atoms in total. The number of aryl methyl sites for hydroxylation is 1. The normalized spacial score (nSPS) is 9.86. The maximum atomic E-state index is 10.5. The summed E-state index contributed by atoms with van der Waals surface area (Å²) in [6.07, 6.45) is -0.109. The summed E-state index contributed by atoms with van der Waals surface area (Å²) < 4.78 is 0. The van der Waals surface area contributed by atoms with Gasteiger partial charge < -0.3 is 10.0 Å². The van der Waals surface area contributed by atoms with Gasteiger partial charge in [0.2, 0.25) is 0 Å². The number of likely N-dealkylation sites (N-methyl/N-ethyl adjacent to an activating group) is 1. The minimum absolute atomic E-state index is 0.540. The molecule has 3 heteroatoms. The fraction of sp³-hybridized carbons (Fsp3) is 0.364. The van der Waals surface area contributed by atoms with E-state index in [1.165, 1.54) is 16.0 Å². The Morgan fingerprint density at radius 1 is 1.50 bits per heavy atom. The lowest BCUT2D eigenvalue weighted by Crippen LogP contribution is -2.26. The summed E-state index contributed by atoms with van der Waals surface area (Å²) in [6, 6.07) is 8.12. The number of amides is 1. The van der Waals surface area contributed by atoms with Crippen LogP contribution in [0.2, 0.25) is 0 Å². The number of carboxylic acid groups (broad SMARTS) is 1. The number of hydrogen-bond acceptors (Lipinski definition) is 1. The van der Waals surface area contributed by atoms with Gasteiger partial charge in [-0.15, -0.1) is 0 Å². The van der Waals surface area contributed by atoms with Gasteiger partial charge in [-0.3, -0.25) is 0 Å². The molecule has 0 spiro atoms. The second-order valence-electron chi connectivity index (χ2n) is 3.44. The summed E-state index contributed by atoms with van der Waals surface area (Å²) in [7, 11) is 1.58. The van der Waals surface area contributed by atoms with E-state index in [2.05, 4.69) is 6.07 Å². The molecule has 0 heterocycles. The Labute approximate surface area is 84.0 Å². The van der Waals surface area contributed by atoms with Gasteiger partial charge >= 0.3 is 6.09 Å².